The van der Waals surface area contributed by atoms with Crippen LogP contribution in [0.4, 0.5) is 0 Å². The summed E-state index contributed by atoms with van der Waals surface area (Å²) in [6.07, 6.45) is 5.60. The minimum absolute atomic E-state index is 0.278. The molecule has 1 heteroatoms. The second-order valence-electron chi connectivity index (χ2n) is 3.89. The van der Waals surface area contributed by atoms with Crippen molar-refractivity contribution in [3.05, 3.63) is 47.5 Å². The Labute approximate surface area is 85.1 Å². The zero-order chi connectivity index (χ0) is 9.80. The Morgan fingerprint density at radius 2 is 1.93 bits per heavy atom. The van der Waals surface area contributed by atoms with Crippen molar-refractivity contribution < 1.29 is 5.11 Å². The number of benzene rings is 1. The topological polar surface area (TPSA) is 20.2 Å². The van der Waals surface area contributed by atoms with Gasteiger partial charge in [-0.1, -0.05) is 42.0 Å². The van der Waals surface area contributed by atoms with Gasteiger partial charge in [0.1, 0.15) is 0 Å². The monoisotopic (exact) mass is 188 g/mol. The second kappa shape index (κ2) is 4.43. The van der Waals surface area contributed by atoms with Crippen LogP contribution < -0.4 is 0 Å². The van der Waals surface area contributed by atoms with Gasteiger partial charge < -0.3 is 5.11 Å². The Morgan fingerprint density at radius 3 is 2.43 bits per heavy atom. The SMILES string of the molecule is OCC(Cc1ccccc1)C1=CCC1. The quantitative estimate of drug-likeness (QED) is 0.720. The number of rotatable bonds is 4. The Bertz CT molecular complexity index is 313. The van der Waals surface area contributed by atoms with E-state index in [4.69, 9.17) is 0 Å². The molecule has 1 unspecified atom stereocenters. The number of aliphatic hydroxyl groups is 1. The molecule has 0 aliphatic heterocycles. The van der Waals surface area contributed by atoms with Crippen LogP contribution in [-0.2, 0) is 6.42 Å². The first-order valence-electron chi connectivity index (χ1n) is 5.24. The third-order valence-corrected chi connectivity index (χ3v) is 2.91. The van der Waals surface area contributed by atoms with Gasteiger partial charge in [0, 0.05) is 12.5 Å². The van der Waals surface area contributed by atoms with Gasteiger partial charge in [0.05, 0.1) is 0 Å². The maximum atomic E-state index is 9.28. The zero-order valence-electron chi connectivity index (χ0n) is 8.32. The van der Waals surface area contributed by atoms with Crippen molar-refractivity contribution >= 4 is 0 Å². The molecule has 1 aromatic carbocycles. The van der Waals surface area contributed by atoms with Crippen LogP contribution in [0.15, 0.2) is 42.0 Å². The van der Waals surface area contributed by atoms with E-state index in [2.05, 4.69) is 30.3 Å². The van der Waals surface area contributed by atoms with E-state index < -0.39 is 0 Å². The predicted molar refractivity (Wildman–Crippen MR) is 58.0 cm³/mol. The van der Waals surface area contributed by atoms with Gasteiger partial charge in [-0.05, 0) is 24.8 Å². The van der Waals surface area contributed by atoms with Gasteiger partial charge in [-0.3, -0.25) is 0 Å². The van der Waals surface area contributed by atoms with Crippen molar-refractivity contribution in [1.29, 1.82) is 0 Å². The zero-order valence-corrected chi connectivity index (χ0v) is 8.32. The van der Waals surface area contributed by atoms with E-state index in [9.17, 15) is 5.11 Å². The predicted octanol–water partition coefficient (Wildman–Crippen LogP) is 2.56. The van der Waals surface area contributed by atoms with E-state index in [0.717, 1.165) is 6.42 Å². The van der Waals surface area contributed by atoms with Crippen LogP contribution >= 0.6 is 0 Å². The lowest BCUT2D eigenvalue weighted by Gasteiger charge is -2.23. The van der Waals surface area contributed by atoms with Gasteiger partial charge in [-0.15, -0.1) is 0 Å². The van der Waals surface area contributed by atoms with Crippen molar-refractivity contribution in [2.24, 2.45) is 5.92 Å². The average molecular weight is 188 g/mol. The van der Waals surface area contributed by atoms with Crippen LogP contribution in [0.3, 0.4) is 0 Å². The standard InChI is InChI=1S/C13H16O/c14-10-13(12-7-4-8-12)9-11-5-2-1-3-6-11/h1-3,5-7,13-14H,4,8-10H2. The lowest BCUT2D eigenvalue weighted by molar-refractivity contribution is 0.240. The number of hydrogen-bond donors (Lipinski definition) is 1. The molecule has 0 bridgehead atoms. The number of aliphatic hydroxyl groups excluding tert-OH is 1. The van der Waals surface area contributed by atoms with Crippen molar-refractivity contribution in [2.75, 3.05) is 6.61 Å². The molecule has 0 spiro atoms. The Kier molecular flexibility index (Phi) is 3.00. The van der Waals surface area contributed by atoms with Crippen LogP contribution in [0, 0.1) is 5.92 Å². The molecule has 0 heterocycles. The number of hydrogen-bond acceptors (Lipinski definition) is 1. The average Bonchev–Trinajstić information content (AvgIpc) is 2.15. The fraction of sp³-hybridized carbons (Fsp3) is 0.385. The highest BCUT2D eigenvalue weighted by molar-refractivity contribution is 5.22. The maximum absolute atomic E-state index is 9.28. The molecule has 14 heavy (non-hydrogen) atoms. The van der Waals surface area contributed by atoms with E-state index >= 15 is 0 Å². The first kappa shape index (κ1) is 9.47. The van der Waals surface area contributed by atoms with E-state index in [0.29, 0.717) is 5.92 Å². The molecule has 1 nitrogen and oxygen atoms in total. The largest absolute Gasteiger partial charge is 0.396 e. The molecule has 1 aliphatic carbocycles. The lowest BCUT2D eigenvalue weighted by atomic mass is 9.84. The first-order chi connectivity index (χ1) is 6.90. The van der Waals surface area contributed by atoms with Crippen LogP contribution in [0.1, 0.15) is 18.4 Å². The highest BCUT2D eigenvalue weighted by atomic mass is 16.3. The fourth-order valence-corrected chi connectivity index (χ4v) is 1.89. The molecule has 0 fully saturated rings. The Morgan fingerprint density at radius 1 is 1.21 bits per heavy atom. The summed E-state index contributed by atoms with van der Waals surface area (Å²) in [4.78, 5) is 0. The summed E-state index contributed by atoms with van der Waals surface area (Å²) in [6, 6.07) is 10.4. The first-order valence-corrected chi connectivity index (χ1v) is 5.24. The summed E-state index contributed by atoms with van der Waals surface area (Å²) >= 11 is 0. The van der Waals surface area contributed by atoms with E-state index in [1.54, 1.807) is 0 Å². The van der Waals surface area contributed by atoms with E-state index in [-0.39, 0.29) is 6.61 Å². The van der Waals surface area contributed by atoms with Crippen LogP contribution in [0.2, 0.25) is 0 Å². The van der Waals surface area contributed by atoms with Crippen molar-refractivity contribution in [3.63, 3.8) is 0 Å². The van der Waals surface area contributed by atoms with Gasteiger partial charge in [0.15, 0.2) is 0 Å². The summed E-state index contributed by atoms with van der Waals surface area (Å²) in [5.74, 6) is 0.353. The maximum Gasteiger partial charge on any atom is 0.0499 e. The van der Waals surface area contributed by atoms with Gasteiger partial charge >= 0.3 is 0 Å². The molecule has 0 aromatic heterocycles. The van der Waals surface area contributed by atoms with Gasteiger partial charge in [-0.25, -0.2) is 0 Å². The van der Waals surface area contributed by atoms with E-state index in [1.165, 1.54) is 24.0 Å². The van der Waals surface area contributed by atoms with Crippen LogP contribution in [-0.4, -0.2) is 11.7 Å². The molecule has 0 radical (unpaired) electrons. The molecule has 1 aromatic rings. The molecule has 0 saturated carbocycles. The summed E-state index contributed by atoms with van der Waals surface area (Å²) in [7, 11) is 0. The van der Waals surface area contributed by atoms with Gasteiger partial charge in [-0.2, -0.15) is 0 Å². The van der Waals surface area contributed by atoms with Crippen molar-refractivity contribution in [3.8, 4) is 0 Å². The highest BCUT2D eigenvalue weighted by Gasteiger charge is 2.17. The second-order valence-corrected chi connectivity index (χ2v) is 3.89. The normalized spacial score (nSPS) is 17.1. The Hall–Kier alpha value is -1.08. The minimum Gasteiger partial charge on any atom is -0.396 e. The molecule has 0 saturated heterocycles. The molecule has 74 valence electrons. The van der Waals surface area contributed by atoms with Crippen molar-refractivity contribution in [2.45, 2.75) is 19.3 Å². The third-order valence-electron chi connectivity index (χ3n) is 2.91. The molecule has 1 atom stereocenters. The fourth-order valence-electron chi connectivity index (χ4n) is 1.89. The lowest BCUT2D eigenvalue weighted by Crippen LogP contribution is -2.16. The summed E-state index contributed by atoms with van der Waals surface area (Å²) in [5, 5.41) is 9.28. The molecular formula is C13H16O. The molecule has 0 amide bonds. The highest BCUT2D eigenvalue weighted by Crippen LogP contribution is 2.28. The molecular weight excluding hydrogens is 172 g/mol. The smallest absolute Gasteiger partial charge is 0.0499 e. The Balaban J connectivity index is 2.01. The van der Waals surface area contributed by atoms with Crippen LogP contribution in [0.25, 0.3) is 0 Å². The van der Waals surface area contributed by atoms with Crippen LogP contribution in [0.5, 0.6) is 0 Å². The minimum atomic E-state index is 0.278. The summed E-state index contributed by atoms with van der Waals surface area (Å²) < 4.78 is 0. The van der Waals surface area contributed by atoms with Gasteiger partial charge in [0.25, 0.3) is 0 Å². The van der Waals surface area contributed by atoms with Crippen molar-refractivity contribution in [1.82, 2.24) is 0 Å². The molecule has 2 rings (SSSR count). The molecule has 1 N–H and O–H groups in total. The van der Waals surface area contributed by atoms with Gasteiger partial charge in [0.2, 0.25) is 0 Å². The summed E-state index contributed by atoms with van der Waals surface area (Å²) in [5.41, 5.74) is 2.76. The van der Waals surface area contributed by atoms with E-state index in [1.807, 2.05) is 6.07 Å². The third kappa shape index (κ3) is 2.05. The summed E-state index contributed by atoms with van der Waals surface area (Å²) in [6.45, 7) is 0.278. The molecule has 1 aliphatic rings. The number of allylic oxidation sites excluding steroid dienone is 1.